The molecule has 1 aliphatic carbocycles. The molecule has 124 valence electrons. The fourth-order valence-corrected chi connectivity index (χ4v) is 3.20. The van der Waals surface area contributed by atoms with E-state index in [0.29, 0.717) is 12.5 Å². The highest BCUT2D eigenvalue weighted by atomic mass is 16.2. The van der Waals surface area contributed by atoms with Gasteiger partial charge in [-0.25, -0.2) is 4.98 Å². The molecular formula is C18H26N4O. The van der Waals surface area contributed by atoms with Crippen molar-refractivity contribution >= 4 is 22.6 Å². The fraction of sp³-hybridized carbons (Fsp3) is 0.556. The number of hydrogen-bond acceptors (Lipinski definition) is 3. The molecule has 1 saturated carbocycles. The molecule has 23 heavy (non-hydrogen) atoms. The van der Waals surface area contributed by atoms with E-state index >= 15 is 0 Å². The number of amides is 1. The van der Waals surface area contributed by atoms with Crippen LogP contribution in [-0.2, 0) is 4.79 Å². The normalized spacial score (nSPS) is 15.6. The van der Waals surface area contributed by atoms with Gasteiger partial charge in [-0.2, -0.15) is 0 Å². The molecule has 0 bridgehead atoms. The van der Waals surface area contributed by atoms with Gasteiger partial charge in [-0.15, -0.1) is 0 Å². The Morgan fingerprint density at radius 3 is 2.70 bits per heavy atom. The second-order valence-electron chi connectivity index (χ2n) is 6.63. The van der Waals surface area contributed by atoms with Crippen molar-refractivity contribution in [2.45, 2.75) is 51.9 Å². The molecule has 0 aliphatic heterocycles. The molecule has 1 amide bonds. The third-order valence-corrected chi connectivity index (χ3v) is 5.48. The summed E-state index contributed by atoms with van der Waals surface area (Å²) in [6.07, 6.45) is 5.21. The van der Waals surface area contributed by atoms with Gasteiger partial charge in [0, 0.05) is 18.2 Å². The summed E-state index contributed by atoms with van der Waals surface area (Å²) in [5.41, 5.74) is 8.11. The van der Waals surface area contributed by atoms with Gasteiger partial charge in [-0.1, -0.05) is 20.3 Å². The molecule has 1 heterocycles. The number of anilines is 1. The van der Waals surface area contributed by atoms with E-state index in [1.165, 1.54) is 19.3 Å². The molecule has 1 aromatic heterocycles. The van der Waals surface area contributed by atoms with E-state index in [0.717, 1.165) is 35.4 Å². The summed E-state index contributed by atoms with van der Waals surface area (Å²) >= 11 is 0. The number of aromatic nitrogens is 2. The highest BCUT2D eigenvalue weighted by molar-refractivity contribution is 5.97. The van der Waals surface area contributed by atoms with Gasteiger partial charge >= 0.3 is 0 Å². The summed E-state index contributed by atoms with van der Waals surface area (Å²) in [6.45, 7) is 4.39. The number of rotatable bonds is 6. The van der Waals surface area contributed by atoms with Crippen molar-refractivity contribution in [3.05, 3.63) is 24.0 Å². The van der Waals surface area contributed by atoms with Crippen LogP contribution in [0.2, 0.25) is 0 Å². The van der Waals surface area contributed by atoms with Crippen molar-refractivity contribution in [2.75, 3.05) is 11.9 Å². The monoisotopic (exact) mass is 314 g/mol. The van der Waals surface area contributed by atoms with Crippen LogP contribution in [0.4, 0.5) is 5.69 Å². The lowest BCUT2D eigenvalue weighted by molar-refractivity contribution is -0.125. The molecule has 2 aromatic rings. The quantitative estimate of drug-likeness (QED) is 0.762. The summed E-state index contributed by atoms with van der Waals surface area (Å²) in [5, 5.41) is 3.03. The standard InChI is InChI=1S/C18H26N4O/c1-3-18(4-2,11-19)17(23)20-13-8-9-14-15(10-13)22-16(21-14)12-6-5-7-12/h8-10,12H,3-7,11,19H2,1-2H3,(H,20,23)(H,21,22). The third kappa shape index (κ3) is 2.85. The Morgan fingerprint density at radius 1 is 1.39 bits per heavy atom. The topological polar surface area (TPSA) is 83.8 Å². The van der Waals surface area contributed by atoms with Gasteiger partial charge in [0.1, 0.15) is 5.82 Å². The molecule has 0 atom stereocenters. The van der Waals surface area contributed by atoms with Crippen molar-refractivity contribution in [2.24, 2.45) is 11.1 Å². The average molecular weight is 314 g/mol. The highest BCUT2D eigenvalue weighted by Crippen LogP contribution is 2.35. The number of nitrogens with one attached hydrogen (secondary N) is 2. The van der Waals surface area contributed by atoms with Crippen LogP contribution in [-0.4, -0.2) is 22.4 Å². The number of carbonyl (C=O) groups excluding carboxylic acids is 1. The molecule has 5 heteroatoms. The molecule has 3 rings (SSSR count). The Bertz CT molecular complexity index is 690. The molecule has 0 saturated heterocycles. The van der Waals surface area contributed by atoms with Gasteiger partial charge in [0.25, 0.3) is 0 Å². The maximum absolute atomic E-state index is 12.6. The third-order valence-electron chi connectivity index (χ3n) is 5.48. The summed E-state index contributed by atoms with van der Waals surface area (Å²) in [7, 11) is 0. The lowest BCUT2D eigenvalue weighted by Crippen LogP contribution is -2.41. The Labute approximate surface area is 137 Å². The van der Waals surface area contributed by atoms with Crippen LogP contribution in [0.15, 0.2) is 18.2 Å². The number of nitrogens with zero attached hydrogens (tertiary/aromatic N) is 1. The van der Waals surface area contributed by atoms with Crippen molar-refractivity contribution in [1.82, 2.24) is 9.97 Å². The second kappa shape index (κ2) is 6.32. The van der Waals surface area contributed by atoms with E-state index < -0.39 is 5.41 Å². The smallest absolute Gasteiger partial charge is 0.231 e. The Morgan fingerprint density at radius 2 is 2.13 bits per heavy atom. The van der Waals surface area contributed by atoms with Crippen LogP contribution in [0, 0.1) is 5.41 Å². The first-order chi connectivity index (χ1) is 11.1. The van der Waals surface area contributed by atoms with Gasteiger partial charge in [-0.05, 0) is 43.9 Å². The Kier molecular flexibility index (Phi) is 4.39. The van der Waals surface area contributed by atoms with Crippen molar-refractivity contribution in [3.8, 4) is 0 Å². The van der Waals surface area contributed by atoms with E-state index in [9.17, 15) is 4.79 Å². The lowest BCUT2D eigenvalue weighted by atomic mass is 9.81. The lowest BCUT2D eigenvalue weighted by Gasteiger charge is -2.28. The number of imidazole rings is 1. The van der Waals surface area contributed by atoms with Gasteiger partial charge in [0.15, 0.2) is 0 Å². The van der Waals surface area contributed by atoms with Crippen LogP contribution in [0.1, 0.15) is 57.7 Å². The first-order valence-electron chi connectivity index (χ1n) is 8.63. The maximum Gasteiger partial charge on any atom is 0.231 e. The predicted octanol–water partition coefficient (Wildman–Crippen LogP) is 3.53. The molecule has 5 nitrogen and oxygen atoms in total. The highest BCUT2D eigenvalue weighted by Gasteiger charge is 2.33. The summed E-state index contributed by atoms with van der Waals surface area (Å²) in [6, 6.07) is 5.85. The van der Waals surface area contributed by atoms with Crippen LogP contribution < -0.4 is 11.1 Å². The minimum Gasteiger partial charge on any atom is -0.342 e. The van der Waals surface area contributed by atoms with E-state index in [4.69, 9.17) is 5.73 Å². The fourth-order valence-electron chi connectivity index (χ4n) is 3.20. The maximum atomic E-state index is 12.6. The summed E-state index contributed by atoms with van der Waals surface area (Å²) < 4.78 is 0. The number of H-pyrrole nitrogens is 1. The number of hydrogen-bond donors (Lipinski definition) is 3. The zero-order valence-corrected chi connectivity index (χ0v) is 14.0. The molecule has 0 unspecified atom stereocenters. The van der Waals surface area contributed by atoms with Gasteiger partial charge in [-0.3, -0.25) is 4.79 Å². The Hall–Kier alpha value is -1.88. The summed E-state index contributed by atoms with van der Waals surface area (Å²) in [4.78, 5) is 20.7. The number of carbonyl (C=O) groups is 1. The zero-order chi connectivity index (χ0) is 16.4. The molecule has 4 N–H and O–H groups in total. The minimum atomic E-state index is -0.486. The minimum absolute atomic E-state index is 0.00285. The largest absolute Gasteiger partial charge is 0.342 e. The summed E-state index contributed by atoms with van der Waals surface area (Å²) in [5.74, 6) is 1.65. The second-order valence-corrected chi connectivity index (χ2v) is 6.63. The van der Waals surface area contributed by atoms with Crippen molar-refractivity contribution < 1.29 is 4.79 Å². The van der Waals surface area contributed by atoms with E-state index in [2.05, 4.69) is 15.3 Å². The predicted molar refractivity (Wildman–Crippen MR) is 93.4 cm³/mol. The molecule has 0 radical (unpaired) electrons. The number of benzene rings is 1. The SMILES string of the molecule is CCC(CC)(CN)C(=O)Nc1ccc2nc(C3CCC3)[nH]c2c1. The molecular weight excluding hydrogens is 288 g/mol. The number of fused-ring (bicyclic) bond motifs is 1. The first kappa shape index (κ1) is 16.0. The van der Waals surface area contributed by atoms with Crippen molar-refractivity contribution in [3.63, 3.8) is 0 Å². The molecule has 0 spiro atoms. The van der Waals surface area contributed by atoms with Gasteiger partial charge in [0.05, 0.1) is 16.4 Å². The van der Waals surface area contributed by atoms with Crippen LogP contribution in [0.3, 0.4) is 0 Å². The zero-order valence-electron chi connectivity index (χ0n) is 14.0. The van der Waals surface area contributed by atoms with Crippen LogP contribution in [0.25, 0.3) is 11.0 Å². The van der Waals surface area contributed by atoms with E-state index in [1.807, 2.05) is 32.0 Å². The van der Waals surface area contributed by atoms with Gasteiger partial charge < -0.3 is 16.0 Å². The Balaban J connectivity index is 1.81. The van der Waals surface area contributed by atoms with E-state index in [-0.39, 0.29) is 5.91 Å². The molecule has 1 aromatic carbocycles. The van der Waals surface area contributed by atoms with Crippen molar-refractivity contribution in [1.29, 1.82) is 0 Å². The van der Waals surface area contributed by atoms with E-state index in [1.54, 1.807) is 0 Å². The van der Waals surface area contributed by atoms with Crippen LogP contribution >= 0.6 is 0 Å². The molecule has 1 fully saturated rings. The number of aromatic amines is 1. The average Bonchev–Trinajstić information content (AvgIpc) is 2.90. The molecule has 1 aliphatic rings. The first-order valence-corrected chi connectivity index (χ1v) is 8.63. The number of nitrogens with two attached hydrogens (primary N) is 1. The van der Waals surface area contributed by atoms with Crippen LogP contribution in [0.5, 0.6) is 0 Å². The van der Waals surface area contributed by atoms with Gasteiger partial charge in [0.2, 0.25) is 5.91 Å².